The fraction of sp³-hybridized carbons (Fsp3) is 0.800. The smallest absolute Gasteiger partial charge is 0.352 e. The number of hydrogen-bond acceptors (Lipinski definition) is 3. The van der Waals surface area contributed by atoms with Crippen molar-refractivity contribution in [2.45, 2.75) is 46.2 Å². The van der Waals surface area contributed by atoms with E-state index < -0.39 is 5.97 Å². The summed E-state index contributed by atoms with van der Waals surface area (Å²) in [5, 5.41) is 15.0. The Bertz CT molecular complexity index is 261. The molecule has 0 aliphatic carbocycles. The Morgan fingerprint density at radius 1 is 1.64 bits per heavy atom. The van der Waals surface area contributed by atoms with Crippen molar-refractivity contribution in [1.29, 1.82) is 0 Å². The largest absolute Gasteiger partial charge is 0.477 e. The SMILES string of the molecule is CCC1C(C)C(C(=O)O)=NN1C(C)C. The summed E-state index contributed by atoms with van der Waals surface area (Å²) in [4.78, 5) is 10.9. The van der Waals surface area contributed by atoms with Gasteiger partial charge in [-0.15, -0.1) is 0 Å². The fourth-order valence-corrected chi connectivity index (χ4v) is 1.98. The summed E-state index contributed by atoms with van der Waals surface area (Å²) in [6.45, 7) is 8.06. The van der Waals surface area contributed by atoms with Crippen LogP contribution in [0.4, 0.5) is 0 Å². The maximum Gasteiger partial charge on any atom is 0.352 e. The van der Waals surface area contributed by atoms with Crippen LogP contribution < -0.4 is 0 Å². The number of hydrazone groups is 1. The first-order chi connectivity index (χ1) is 6.49. The second-order valence-corrected chi connectivity index (χ2v) is 4.03. The highest BCUT2D eigenvalue weighted by molar-refractivity contribution is 6.36. The number of carboxylic acids is 1. The van der Waals surface area contributed by atoms with E-state index in [2.05, 4.69) is 12.0 Å². The van der Waals surface area contributed by atoms with Gasteiger partial charge >= 0.3 is 5.97 Å². The minimum atomic E-state index is -0.890. The van der Waals surface area contributed by atoms with Crippen molar-refractivity contribution in [2.75, 3.05) is 0 Å². The third-order valence-corrected chi connectivity index (χ3v) is 2.74. The van der Waals surface area contributed by atoms with Crippen LogP contribution in [0.25, 0.3) is 0 Å². The topological polar surface area (TPSA) is 52.9 Å². The van der Waals surface area contributed by atoms with Gasteiger partial charge in [-0.05, 0) is 20.3 Å². The van der Waals surface area contributed by atoms with Crippen LogP contribution in [0.1, 0.15) is 34.1 Å². The Kier molecular flexibility index (Phi) is 3.13. The molecule has 0 saturated carbocycles. The minimum absolute atomic E-state index is 0.0277. The predicted molar refractivity (Wildman–Crippen MR) is 55.3 cm³/mol. The molecule has 0 bridgehead atoms. The van der Waals surface area contributed by atoms with Crippen molar-refractivity contribution >= 4 is 11.7 Å². The van der Waals surface area contributed by atoms with Crippen LogP contribution in [0, 0.1) is 5.92 Å². The van der Waals surface area contributed by atoms with Crippen molar-refractivity contribution in [3.8, 4) is 0 Å². The number of carboxylic acid groups (broad SMARTS) is 1. The van der Waals surface area contributed by atoms with Gasteiger partial charge in [0.25, 0.3) is 0 Å². The molecule has 0 aromatic rings. The molecule has 1 aliphatic rings. The average Bonchev–Trinajstić information content (AvgIpc) is 2.42. The summed E-state index contributed by atoms with van der Waals surface area (Å²) in [6, 6.07) is 0.500. The molecule has 0 radical (unpaired) electrons. The summed E-state index contributed by atoms with van der Waals surface area (Å²) < 4.78 is 0. The third-order valence-electron chi connectivity index (χ3n) is 2.74. The van der Waals surface area contributed by atoms with Crippen molar-refractivity contribution < 1.29 is 9.90 Å². The second kappa shape index (κ2) is 3.98. The van der Waals surface area contributed by atoms with Gasteiger partial charge in [0.1, 0.15) is 5.71 Å². The Labute approximate surface area is 84.6 Å². The quantitative estimate of drug-likeness (QED) is 0.748. The molecule has 1 rings (SSSR count). The van der Waals surface area contributed by atoms with Gasteiger partial charge in [0, 0.05) is 12.0 Å². The number of hydrogen-bond donors (Lipinski definition) is 1. The molecule has 2 unspecified atom stereocenters. The van der Waals surface area contributed by atoms with E-state index in [1.54, 1.807) is 0 Å². The average molecular weight is 198 g/mol. The molecule has 2 atom stereocenters. The van der Waals surface area contributed by atoms with E-state index >= 15 is 0 Å². The molecular formula is C10H18N2O2. The maximum absolute atomic E-state index is 10.9. The highest BCUT2D eigenvalue weighted by atomic mass is 16.4. The van der Waals surface area contributed by atoms with Gasteiger partial charge in [0.15, 0.2) is 0 Å². The summed E-state index contributed by atoms with van der Waals surface area (Å²) in [6.07, 6.45) is 0.930. The van der Waals surface area contributed by atoms with Gasteiger partial charge in [0.2, 0.25) is 0 Å². The number of aliphatic carboxylic acids is 1. The molecule has 0 saturated heterocycles. The standard InChI is InChI=1S/C10H18N2O2/c1-5-8-7(4)9(10(13)14)11-12(8)6(2)3/h6-8H,5H2,1-4H3,(H,13,14). The Hall–Kier alpha value is -1.06. The molecule has 0 amide bonds. The van der Waals surface area contributed by atoms with E-state index in [4.69, 9.17) is 5.11 Å². The number of carbonyl (C=O) groups is 1. The maximum atomic E-state index is 10.9. The van der Waals surface area contributed by atoms with Crippen LogP contribution >= 0.6 is 0 Å². The zero-order chi connectivity index (χ0) is 10.9. The Morgan fingerprint density at radius 3 is 2.50 bits per heavy atom. The van der Waals surface area contributed by atoms with E-state index in [1.807, 2.05) is 25.8 Å². The van der Waals surface area contributed by atoms with E-state index in [1.165, 1.54) is 0 Å². The van der Waals surface area contributed by atoms with E-state index in [0.29, 0.717) is 5.71 Å². The summed E-state index contributed by atoms with van der Waals surface area (Å²) in [5.74, 6) is -0.862. The molecule has 4 nitrogen and oxygen atoms in total. The van der Waals surface area contributed by atoms with Crippen LogP contribution in [-0.2, 0) is 4.79 Å². The van der Waals surface area contributed by atoms with E-state index in [9.17, 15) is 4.79 Å². The summed E-state index contributed by atoms with van der Waals surface area (Å²) in [5.41, 5.74) is 0.297. The van der Waals surface area contributed by atoms with Gasteiger partial charge in [-0.1, -0.05) is 13.8 Å². The van der Waals surface area contributed by atoms with Crippen LogP contribution in [0.3, 0.4) is 0 Å². The van der Waals surface area contributed by atoms with Crippen molar-refractivity contribution in [3.05, 3.63) is 0 Å². The lowest BCUT2D eigenvalue weighted by Crippen LogP contribution is -2.36. The first kappa shape index (κ1) is 11.0. The molecule has 0 spiro atoms. The number of rotatable bonds is 3. The summed E-state index contributed by atoms with van der Waals surface area (Å²) >= 11 is 0. The van der Waals surface area contributed by atoms with Gasteiger partial charge < -0.3 is 5.11 Å². The molecule has 0 fully saturated rings. The highest BCUT2D eigenvalue weighted by Gasteiger charge is 2.37. The molecule has 0 aromatic heterocycles. The van der Waals surface area contributed by atoms with Crippen molar-refractivity contribution in [2.24, 2.45) is 11.0 Å². The third kappa shape index (κ3) is 1.74. The molecule has 80 valence electrons. The first-order valence-electron chi connectivity index (χ1n) is 5.09. The van der Waals surface area contributed by atoms with Crippen LogP contribution in [0.5, 0.6) is 0 Å². The van der Waals surface area contributed by atoms with Crippen molar-refractivity contribution in [3.63, 3.8) is 0 Å². The molecule has 1 heterocycles. The normalized spacial score (nSPS) is 26.9. The molecule has 4 heteroatoms. The van der Waals surface area contributed by atoms with Gasteiger partial charge in [-0.2, -0.15) is 5.10 Å². The molecule has 0 aromatic carbocycles. The second-order valence-electron chi connectivity index (χ2n) is 4.03. The Morgan fingerprint density at radius 2 is 2.21 bits per heavy atom. The van der Waals surface area contributed by atoms with Crippen LogP contribution in [-0.4, -0.2) is 33.9 Å². The summed E-state index contributed by atoms with van der Waals surface area (Å²) in [7, 11) is 0. The molecular weight excluding hydrogens is 180 g/mol. The predicted octanol–water partition coefficient (Wildman–Crippen LogP) is 1.57. The molecule has 1 aliphatic heterocycles. The van der Waals surface area contributed by atoms with Crippen LogP contribution in [0.15, 0.2) is 5.10 Å². The zero-order valence-corrected chi connectivity index (χ0v) is 9.19. The monoisotopic (exact) mass is 198 g/mol. The molecule has 14 heavy (non-hydrogen) atoms. The van der Waals surface area contributed by atoms with Gasteiger partial charge in [0.05, 0.1) is 6.04 Å². The lowest BCUT2D eigenvalue weighted by molar-refractivity contribution is -0.129. The van der Waals surface area contributed by atoms with Gasteiger partial charge in [-0.3, -0.25) is 5.01 Å². The Balaban J connectivity index is 2.91. The van der Waals surface area contributed by atoms with Crippen molar-refractivity contribution in [1.82, 2.24) is 5.01 Å². The molecule has 1 N–H and O–H groups in total. The number of nitrogens with zero attached hydrogens (tertiary/aromatic N) is 2. The zero-order valence-electron chi connectivity index (χ0n) is 9.19. The first-order valence-corrected chi connectivity index (χ1v) is 5.09. The lowest BCUT2D eigenvalue weighted by Gasteiger charge is -2.28. The van der Waals surface area contributed by atoms with E-state index in [0.717, 1.165) is 6.42 Å². The highest BCUT2D eigenvalue weighted by Crippen LogP contribution is 2.26. The lowest BCUT2D eigenvalue weighted by atomic mass is 9.95. The van der Waals surface area contributed by atoms with E-state index in [-0.39, 0.29) is 18.0 Å². The minimum Gasteiger partial charge on any atom is -0.477 e. The van der Waals surface area contributed by atoms with Crippen LogP contribution in [0.2, 0.25) is 0 Å². The van der Waals surface area contributed by atoms with Gasteiger partial charge in [-0.25, -0.2) is 4.79 Å². The fourth-order valence-electron chi connectivity index (χ4n) is 1.98.